The van der Waals surface area contributed by atoms with Crippen molar-refractivity contribution in [3.8, 4) is 17.3 Å². The molecule has 43 heavy (non-hydrogen) atoms. The Labute approximate surface area is 251 Å². The van der Waals surface area contributed by atoms with Crippen LogP contribution in [0.4, 0.5) is 5.69 Å². The van der Waals surface area contributed by atoms with E-state index in [1.807, 2.05) is 49.4 Å². The lowest BCUT2D eigenvalue weighted by atomic mass is 9.89. The van der Waals surface area contributed by atoms with Crippen molar-refractivity contribution in [1.29, 1.82) is 0 Å². The Morgan fingerprint density at radius 3 is 2.56 bits per heavy atom. The molecule has 1 fully saturated rings. The van der Waals surface area contributed by atoms with E-state index in [9.17, 15) is 9.59 Å². The van der Waals surface area contributed by atoms with E-state index in [2.05, 4.69) is 26.8 Å². The number of rotatable bonds is 9. The summed E-state index contributed by atoms with van der Waals surface area (Å²) in [5.74, 6) is 1.68. The summed E-state index contributed by atoms with van der Waals surface area (Å²) in [7, 11) is 1.61. The van der Waals surface area contributed by atoms with Gasteiger partial charge in [-0.3, -0.25) is 14.5 Å². The lowest BCUT2D eigenvalue weighted by Gasteiger charge is -2.35. The van der Waals surface area contributed by atoms with Gasteiger partial charge in [-0.1, -0.05) is 43.5 Å². The molecule has 2 amide bonds. The Morgan fingerprint density at radius 1 is 1.02 bits per heavy atom. The van der Waals surface area contributed by atoms with Crippen molar-refractivity contribution in [3.05, 3.63) is 77.0 Å². The van der Waals surface area contributed by atoms with E-state index >= 15 is 0 Å². The summed E-state index contributed by atoms with van der Waals surface area (Å²) in [6.07, 6.45) is 9.16. The van der Waals surface area contributed by atoms with Gasteiger partial charge in [-0.25, -0.2) is 0 Å². The Morgan fingerprint density at radius 2 is 1.81 bits per heavy atom. The molecule has 1 saturated carbocycles. The Kier molecular flexibility index (Phi) is 8.53. The van der Waals surface area contributed by atoms with Crippen LogP contribution in [0.25, 0.3) is 11.6 Å². The second-order valence-electron chi connectivity index (χ2n) is 11.5. The minimum absolute atomic E-state index is 0.0833. The molecule has 0 unspecified atom stereocenters. The number of aryl methyl sites for hydroxylation is 2. The summed E-state index contributed by atoms with van der Waals surface area (Å²) in [5, 5.41) is 16.0. The molecule has 2 aromatic heterocycles. The van der Waals surface area contributed by atoms with Crippen molar-refractivity contribution in [1.82, 2.24) is 25.5 Å². The van der Waals surface area contributed by atoms with E-state index in [0.29, 0.717) is 22.9 Å². The number of carbonyl (C=O) groups excluding carboxylic acids is 2. The van der Waals surface area contributed by atoms with Gasteiger partial charge in [0.1, 0.15) is 24.1 Å². The summed E-state index contributed by atoms with van der Waals surface area (Å²) in [4.78, 5) is 31.7. The maximum atomic E-state index is 14.5. The van der Waals surface area contributed by atoms with Crippen LogP contribution < -0.4 is 15.0 Å². The molecule has 224 valence electrons. The van der Waals surface area contributed by atoms with E-state index in [1.54, 1.807) is 18.1 Å². The fourth-order valence-corrected chi connectivity index (χ4v) is 6.30. The number of methoxy groups -OCH3 is 1. The van der Waals surface area contributed by atoms with Crippen LogP contribution in [0.2, 0.25) is 0 Å². The molecule has 1 atom stereocenters. The fraction of sp³-hybridized carbons (Fsp3) is 0.424. The van der Waals surface area contributed by atoms with Crippen molar-refractivity contribution >= 4 is 17.5 Å². The molecular weight excluding hydrogens is 544 g/mol. The van der Waals surface area contributed by atoms with Crippen molar-refractivity contribution in [2.24, 2.45) is 0 Å². The average Bonchev–Trinajstić information content (AvgIpc) is 3.69. The Bertz CT molecular complexity index is 1570. The second-order valence-corrected chi connectivity index (χ2v) is 11.5. The third-order valence-corrected chi connectivity index (χ3v) is 8.48. The van der Waals surface area contributed by atoms with Gasteiger partial charge in [-0.2, -0.15) is 4.80 Å². The van der Waals surface area contributed by atoms with Crippen LogP contribution in [-0.4, -0.2) is 45.2 Å². The minimum atomic E-state index is -0.899. The van der Waals surface area contributed by atoms with Gasteiger partial charge in [0, 0.05) is 11.7 Å². The molecule has 0 radical (unpaired) electrons. The van der Waals surface area contributed by atoms with Gasteiger partial charge in [0.25, 0.3) is 5.91 Å². The van der Waals surface area contributed by atoms with Crippen LogP contribution in [0.1, 0.15) is 73.4 Å². The number of carbonyl (C=O) groups is 2. The molecule has 1 N–H and O–H groups in total. The van der Waals surface area contributed by atoms with Gasteiger partial charge in [0.2, 0.25) is 11.7 Å². The molecule has 2 aliphatic rings. The molecule has 10 heteroatoms. The van der Waals surface area contributed by atoms with Crippen molar-refractivity contribution < 1.29 is 18.7 Å². The molecule has 2 aliphatic carbocycles. The first-order chi connectivity index (χ1) is 21.0. The summed E-state index contributed by atoms with van der Waals surface area (Å²) in [5.41, 5.74) is 3.79. The van der Waals surface area contributed by atoms with Gasteiger partial charge in [-0.15, -0.1) is 10.2 Å². The molecule has 6 rings (SSSR count). The van der Waals surface area contributed by atoms with E-state index in [0.717, 1.165) is 68.4 Å². The molecular formula is C33H38N6O4. The van der Waals surface area contributed by atoms with Crippen molar-refractivity contribution in [2.45, 2.75) is 83.3 Å². The van der Waals surface area contributed by atoms with Crippen LogP contribution >= 0.6 is 0 Å². The summed E-state index contributed by atoms with van der Waals surface area (Å²) in [6, 6.07) is 16.2. The SMILES string of the molecule is COc1ccc([C@H](C(=O)NC2CCCCC2)N(C(=O)Cn2nnc(-c3ccc(C)o3)n2)c2cccc3c2CCCC3)cc1. The number of fused-ring (bicyclic) bond motifs is 1. The quantitative estimate of drug-likeness (QED) is 0.283. The number of tetrazole rings is 1. The standard InChI is InChI=1S/C33H38N6O4/c1-22-15-20-29(43-22)32-35-37-38(36-32)21-30(40)39(28-14-8-10-23-9-6-7-13-27(23)28)31(24-16-18-26(42-2)19-17-24)33(41)34-25-11-4-3-5-12-25/h8,10,14-20,25,31H,3-7,9,11-13,21H2,1-2H3,(H,34,41)/t31-/m1/s1. The number of nitrogens with zero attached hydrogens (tertiary/aromatic N) is 5. The maximum Gasteiger partial charge on any atom is 0.251 e. The minimum Gasteiger partial charge on any atom is -0.497 e. The van der Waals surface area contributed by atoms with Crippen LogP contribution in [0, 0.1) is 6.92 Å². The molecule has 2 aromatic carbocycles. The first-order valence-corrected chi connectivity index (χ1v) is 15.2. The first-order valence-electron chi connectivity index (χ1n) is 15.2. The molecule has 10 nitrogen and oxygen atoms in total. The Hall–Kier alpha value is -4.47. The van der Waals surface area contributed by atoms with Crippen LogP contribution in [0.15, 0.2) is 59.0 Å². The highest BCUT2D eigenvalue weighted by Crippen LogP contribution is 2.36. The number of anilines is 1. The fourth-order valence-electron chi connectivity index (χ4n) is 6.30. The summed E-state index contributed by atoms with van der Waals surface area (Å²) >= 11 is 0. The highest BCUT2D eigenvalue weighted by molar-refractivity contribution is 6.02. The number of amides is 2. The van der Waals surface area contributed by atoms with Crippen molar-refractivity contribution in [2.75, 3.05) is 12.0 Å². The zero-order valence-corrected chi connectivity index (χ0v) is 24.8. The van der Waals surface area contributed by atoms with E-state index in [-0.39, 0.29) is 24.4 Å². The number of nitrogens with one attached hydrogen (secondary N) is 1. The van der Waals surface area contributed by atoms with E-state index in [4.69, 9.17) is 9.15 Å². The number of hydrogen-bond donors (Lipinski definition) is 1. The lowest BCUT2D eigenvalue weighted by molar-refractivity contribution is -0.127. The first kappa shape index (κ1) is 28.6. The highest BCUT2D eigenvalue weighted by atomic mass is 16.5. The molecule has 4 aromatic rings. The van der Waals surface area contributed by atoms with Crippen LogP contribution in [-0.2, 0) is 29.0 Å². The normalized spacial score (nSPS) is 15.9. The van der Waals surface area contributed by atoms with Gasteiger partial charge in [0.05, 0.1) is 7.11 Å². The maximum absolute atomic E-state index is 14.5. The third-order valence-electron chi connectivity index (χ3n) is 8.48. The molecule has 0 bridgehead atoms. The zero-order valence-electron chi connectivity index (χ0n) is 24.8. The zero-order chi connectivity index (χ0) is 29.8. The van der Waals surface area contributed by atoms with Gasteiger partial charge >= 0.3 is 0 Å². The summed E-state index contributed by atoms with van der Waals surface area (Å²) in [6.45, 7) is 1.65. The number of furan rings is 1. The van der Waals surface area contributed by atoms with E-state index in [1.165, 1.54) is 16.8 Å². The van der Waals surface area contributed by atoms with Crippen LogP contribution in [0.3, 0.4) is 0 Å². The van der Waals surface area contributed by atoms with E-state index < -0.39 is 6.04 Å². The molecule has 0 aliphatic heterocycles. The molecule has 0 spiro atoms. The largest absolute Gasteiger partial charge is 0.497 e. The predicted molar refractivity (Wildman–Crippen MR) is 162 cm³/mol. The third kappa shape index (κ3) is 6.33. The van der Waals surface area contributed by atoms with Gasteiger partial charge in [-0.05, 0) is 97.7 Å². The predicted octanol–water partition coefficient (Wildman–Crippen LogP) is 5.35. The topological polar surface area (TPSA) is 115 Å². The number of aromatic nitrogens is 4. The molecule has 2 heterocycles. The smallest absolute Gasteiger partial charge is 0.251 e. The number of hydrogen-bond acceptors (Lipinski definition) is 7. The van der Waals surface area contributed by atoms with Crippen molar-refractivity contribution in [3.63, 3.8) is 0 Å². The number of ether oxygens (including phenoxy) is 1. The van der Waals surface area contributed by atoms with Gasteiger partial charge in [0.15, 0.2) is 5.76 Å². The highest BCUT2D eigenvalue weighted by Gasteiger charge is 2.36. The monoisotopic (exact) mass is 582 g/mol. The second kappa shape index (κ2) is 12.8. The van der Waals surface area contributed by atoms with Gasteiger partial charge < -0.3 is 14.5 Å². The molecule has 0 saturated heterocycles. The average molecular weight is 583 g/mol. The number of benzene rings is 2. The van der Waals surface area contributed by atoms with Crippen LogP contribution in [0.5, 0.6) is 5.75 Å². The Balaban J connectivity index is 1.41. The lowest BCUT2D eigenvalue weighted by Crippen LogP contribution is -2.48. The summed E-state index contributed by atoms with van der Waals surface area (Å²) < 4.78 is 11.1.